The van der Waals surface area contributed by atoms with Crippen molar-refractivity contribution in [3.8, 4) is 28.7 Å². The molecule has 3 rings (SSSR count). The quantitative estimate of drug-likeness (QED) is 0.629. The zero-order valence-corrected chi connectivity index (χ0v) is 17.3. The molecule has 0 fully saturated rings. The van der Waals surface area contributed by atoms with Crippen LogP contribution in [0.3, 0.4) is 0 Å². The van der Waals surface area contributed by atoms with Crippen molar-refractivity contribution in [1.29, 1.82) is 5.26 Å². The van der Waals surface area contributed by atoms with Crippen LogP contribution in [0.2, 0.25) is 0 Å². The van der Waals surface area contributed by atoms with E-state index >= 15 is 0 Å². The van der Waals surface area contributed by atoms with E-state index in [1.807, 2.05) is 36.4 Å². The summed E-state index contributed by atoms with van der Waals surface area (Å²) in [5.74, 6) is 2.06. The molecule has 1 aromatic carbocycles. The summed E-state index contributed by atoms with van der Waals surface area (Å²) in [5, 5.41) is 9.52. The van der Waals surface area contributed by atoms with E-state index in [1.54, 1.807) is 6.20 Å². The zero-order chi connectivity index (χ0) is 20.5. The maximum atomic E-state index is 9.52. The molecule has 2 aromatic heterocycles. The van der Waals surface area contributed by atoms with E-state index in [9.17, 15) is 5.26 Å². The predicted octanol–water partition coefficient (Wildman–Crippen LogP) is 5.07. The van der Waals surface area contributed by atoms with E-state index in [0.29, 0.717) is 11.4 Å². The molecule has 5 heteroatoms. The molecule has 0 aliphatic carbocycles. The molecule has 0 atom stereocenters. The van der Waals surface area contributed by atoms with Crippen LogP contribution < -0.4 is 0 Å². The van der Waals surface area contributed by atoms with E-state index in [-0.39, 0.29) is 10.8 Å². The minimum atomic E-state index is -0.214. The number of hydrogen-bond acceptors (Lipinski definition) is 5. The van der Waals surface area contributed by atoms with Gasteiger partial charge in [0.25, 0.3) is 0 Å². The van der Waals surface area contributed by atoms with Gasteiger partial charge in [-0.2, -0.15) is 5.26 Å². The zero-order valence-electron chi connectivity index (χ0n) is 17.3. The van der Waals surface area contributed by atoms with Gasteiger partial charge in [-0.3, -0.25) is 4.98 Å². The molecule has 28 heavy (non-hydrogen) atoms. The number of hydrogen-bond donors (Lipinski definition) is 0. The van der Waals surface area contributed by atoms with Crippen LogP contribution >= 0.6 is 0 Å². The molecular formula is C23H25N5. The normalized spacial score (nSPS) is 11.9. The van der Waals surface area contributed by atoms with Gasteiger partial charge in [0.05, 0.1) is 17.3 Å². The summed E-state index contributed by atoms with van der Waals surface area (Å²) in [7, 11) is 0. The van der Waals surface area contributed by atoms with Crippen molar-refractivity contribution in [2.75, 3.05) is 0 Å². The molecule has 0 aliphatic rings. The highest BCUT2D eigenvalue weighted by Gasteiger charge is 2.25. The first-order valence-corrected chi connectivity index (χ1v) is 9.32. The monoisotopic (exact) mass is 371 g/mol. The van der Waals surface area contributed by atoms with Crippen LogP contribution in [0.1, 0.15) is 58.8 Å². The fraction of sp³-hybridized carbons (Fsp3) is 0.348. The van der Waals surface area contributed by atoms with E-state index in [2.05, 4.69) is 52.6 Å². The van der Waals surface area contributed by atoms with Crippen molar-refractivity contribution < 1.29 is 0 Å². The molecule has 0 saturated carbocycles. The molecule has 0 spiro atoms. The highest BCUT2D eigenvalue weighted by molar-refractivity contribution is 5.70. The maximum absolute atomic E-state index is 9.52. The third kappa shape index (κ3) is 4.23. The second kappa shape index (κ2) is 7.12. The summed E-state index contributed by atoms with van der Waals surface area (Å²) in [6.45, 7) is 12.5. The minimum absolute atomic E-state index is 0.214. The fourth-order valence-electron chi connectivity index (χ4n) is 2.68. The summed E-state index contributed by atoms with van der Waals surface area (Å²) in [5.41, 5.74) is 2.58. The van der Waals surface area contributed by atoms with Gasteiger partial charge in [-0.05, 0) is 30.3 Å². The smallest absolute Gasteiger partial charge is 0.163 e. The fourth-order valence-corrected chi connectivity index (χ4v) is 2.68. The molecule has 0 N–H and O–H groups in total. The van der Waals surface area contributed by atoms with Crippen molar-refractivity contribution in [2.24, 2.45) is 0 Å². The number of benzene rings is 1. The molecule has 0 bridgehead atoms. The summed E-state index contributed by atoms with van der Waals surface area (Å²) in [4.78, 5) is 18.6. The van der Waals surface area contributed by atoms with Crippen LogP contribution in [0, 0.1) is 11.3 Å². The number of nitriles is 1. The van der Waals surface area contributed by atoms with Crippen molar-refractivity contribution >= 4 is 0 Å². The van der Waals surface area contributed by atoms with Gasteiger partial charge in [0.15, 0.2) is 5.82 Å². The van der Waals surface area contributed by atoms with Crippen molar-refractivity contribution in [2.45, 2.75) is 52.4 Å². The molecule has 3 aromatic rings. The number of pyridine rings is 1. The topological polar surface area (TPSA) is 75.3 Å². The number of aromatic nitrogens is 4. The van der Waals surface area contributed by atoms with E-state index in [1.165, 1.54) is 0 Å². The lowest BCUT2D eigenvalue weighted by atomic mass is 9.92. The number of rotatable bonds is 2. The Hall–Kier alpha value is -3.13. The van der Waals surface area contributed by atoms with Gasteiger partial charge in [0.1, 0.15) is 11.6 Å². The third-order valence-electron chi connectivity index (χ3n) is 4.26. The molecule has 0 amide bonds. The Balaban J connectivity index is 2.24. The van der Waals surface area contributed by atoms with E-state index in [0.717, 1.165) is 28.5 Å². The second-order valence-electron chi connectivity index (χ2n) is 8.93. The van der Waals surface area contributed by atoms with Gasteiger partial charge in [-0.15, -0.1) is 0 Å². The highest BCUT2D eigenvalue weighted by atomic mass is 15.1. The van der Waals surface area contributed by atoms with Gasteiger partial charge < -0.3 is 0 Å². The Bertz CT molecular complexity index is 1000. The molecule has 5 nitrogen and oxygen atoms in total. The predicted molar refractivity (Wildman–Crippen MR) is 111 cm³/mol. The third-order valence-corrected chi connectivity index (χ3v) is 4.26. The van der Waals surface area contributed by atoms with Gasteiger partial charge in [0.2, 0.25) is 0 Å². The Kier molecular flexibility index (Phi) is 4.99. The van der Waals surface area contributed by atoms with Crippen LogP contribution in [0.15, 0.2) is 42.6 Å². The van der Waals surface area contributed by atoms with Crippen molar-refractivity contribution in [3.05, 3.63) is 59.8 Å². The number of nitrogens with zero attached hydrogens (tertiary/aromatic N) is 5. The Morgan fingerprint density at radius 2 is 1.39 bits per heavy atom. The largest absolute Gasteiger partial charge is 0.256 e. The molecular weight excluding hydrogens is 346 g/mol. The van der Waals surface area contributed by atoms with Crippen LogP contribution in [-0.4, -0.2) is 19.9 Å². The highest BCUT2D eigenvalue weighted by Crippen LogP contribution is 2.29. The standard InChI is InChI=1S/C23H25N5/c1-22(2,3)20-26-19(27-21(28-20)23(4,5)6)17-12-15(14-24)11-16(13-17)18-9-7-8-10-25-18/h7-13H,1-6H3. The van der Waals surface area contributed by atoms with E-state index in [4.69, 9.17) is 15.0 Å². The second-order valence-corrected chi connectivity index (χ2v) is 8.93. The van der Waals surface area contributed by atoms with Crippen LogP contribution in [0.25, 0.3) is 22.6 Å². The summed E-state index contributed by atoms with van der Waals surface area (Å²) >= 11 is 0. The average molecular weight is 371 g/mol. The Morgan fingerprint density at radius 1 is 0.786 bits per heavy atom. The van der Waals surface area contributed by atoms with Gasteiger partial charge in [-0.25, -0.2) is 15.0 Å². The SMILES string of the molecule is CC(C)(C)c1nc(-c2cc(C#N)cc(-c3ccccn3)c2)nc(C(C)(C)C)n1. The summed E-state index contributed by atoms with van der Waals surface area (Å²) in [6, 6.07) is 13.6. The van der Waals surface area contributed by atoms with Crippen LogP contribution in [-0.2, 0) is 10.8 Å². The molecule has 0 saturated heterocycles. The van der Waals surface area contributed by atoms with Gasteiger partial charge in [0, 0.05) is 28.2 Å². The summed E-state index contributed by atoms with van der Waals surface area (Å²) < 4.78 is 0. The lowest BCUT2D eigenvalue weighted by Gasteiger charge is -2.22. The first-order chi connectivity index (χ1) is 13.1. The molecule has 0 aliphatic heterocycles. The summed E-state index contributed by atoms with van der Waals surface area (Å²) in [6.07, 6.45) is 1.74. The lowest BCUT2D eigenvalue weighted by molar-refractivity contribution is 0.497. The molecule has 2 heterocycles. The Labute approximate surface area is 166 Å². The van der Waals surface area contributed by atoms with Gasteiger partial charge >= 0.3 is 0 Å². The molecule has 142 valence electrons. The van der Waals surface area contributed by atoms with Crippen molar-refractivity contribution in [1.82, 2.24) is 19.9 Å². The van der Waals surface area contributed by atoms with Crippen LogP contribution in [0.5, 0.6) is 0 Å². The average Bonchev–Trinajstić information content (AvgIpc) is 2.66. The van der Waals surface area contributed by atoms with Gasteiger partial charge in [-0.1, -0.05) is 47.6 Å². The minimum Gasteiger partial charge on any atom is -0.256 e. The van der Waals surface area contributed by atoms with E-state index < -0.39 is 0 Å². The molecule has 0 unspecified atom stereocenters. The first-order valence-electron chi connectivity index (χ1n) is 9.32. The van der Waals surface area contributed by atoms with Crippen LogP contribution in [0.4, 0.5) is 0 Å². The molecule has 0 radical (unpaired) electrons. The lowest BCUT2D eigenvalue weighted by Crippen LogP contribution is -2.24. The maximum Gasteiger partial charge on any atom is 0.163 e. The van der Waals surface area contributed by atoms with Crippen molar-refractivity contribution in [3.63, 3.8) is 0 Å². The first kappa shape index (κ1) is 19.6. The Morgan fingerprint density at radius 3 is 1.89 bits per heavy atom.